The number of likely N-dealkylation sites (tertiary alicyclic amines) is 1. The minimum Gasteiger partial charge on any atom is -0.505 e. The third kappa shape index (κ3) is 4.98. The monoisotopic (exact) mass is 489 g/mol. The van der Waals surface area contributed by atoms with Crippen LogP contribution < -0.4 is 0 Å². The highest BCUT2D eigenvalue weighted by Gasteiger charge is 2.57. The number of aliphatic carboxylic acids is 1. The number of carboxylic acids is 1. The van der Waals surface area contributed by atoms with Crippen LogP contribution in [0.25, 0.3) is 0 Å². The number of methoxy groups -OCH3 is 1. The second-order valence-electron chi connectivity index (χ2n) is 9.39. The molecule has 0 unspecified atom stereocenters. The average Bonchev–Trinajstić information content (AvgIpc) is 3.05. The molecule has 0 bridgehead atoms. The highest BCUT2D eigenvalue weighted by atomic mass is 19.1. The molecule has 1 aromatic carbocycles. The Morgan fingerprint density at radius 3 is 2.69 bits per heavy atom. The molecule has 2 amide bonds. The molecule has 9 nitrogen and oxygen atoms in total. The van der Waals surface area contributed by atoms with Gasteiger partial charge in [0.25, 0.3) is 0 Å². The first-order valence-electron chi connectivity index (χ1n) is 11.8. The van der Waals surface area contributed by atoms with Crippen LogP contribution in [0.5, 0.6) is 5.75 Å². The van der Waals surface area contributed by atoms with Crippen molar-refractivity contribution in [1.29, 1.82) is 0 Å². The number of carbonyl (C=O) groups is 3. The Labute approximate surface area is 202 Å². The quantitative estimate of drug-likeness (QED) is 0.273. The largest absolute Gasteiger partial charge is 0.505 e. The second-order valence-corrected chi connectivity index (χ2v) is 9.39. The summed E-state index contributed by atoms with van der Waals surface area (Å²) in [5.74, 6) is -4.50. The van der Waals surface area contributed by atoms with Crippen LogP contribution in [0.3, 0.4) is 0 Å². The van der Waals surface area contributed by atoms with E-state index in [4.69, 9.17) is 14.5 Å². The third-order valence-electron chi connectivity index (χ3n) is 7.24. The number of hydrogen-bond acceptors (Lipinski definition) is 7. The fourth-order valence-electron chi connectivity index (χ4n) is 5.66. The van der Waals surface area contributed by atoms with Crippen molar-refractivity contribution in [1.82, 2.24) is 4.90 Å². The molecule has 2 heterocycles. The Kier molecular flexibility index (Phi) is 7.58. The molecular weight excluding hydrogens is 460 g/mol. The van der Waals surface area contributed by atoms with Gasteiger partial charge in [0.05, 0.1) is 24.5 Å². The maximum absolute atomic E-state index is 14.0. The molecule has 1 aliphatic carbocycles. The summed E-state index contributed by atoms with van der Waals surface area (Å²) in [4.78, 5) is 38.6. The topological polar surface area (TPSA) is 134 Å². The average molecular weight is 489 g/mol. The van der Waals surface area contributed by atoms with Crippen molar-refractivity contribution >= 4 is 24.9 Å². The normalized spacial score (nSPS) is 26.3. The number of imide groups is 1. The summed E-state index contributed by atoms with van der Waals surface area (Å²) >= 11 is 0. The molecule has 0 radical (unpaired) electrons. The molecule has 3 N–H and O–H groups in total. The standard InChI is InChI=1S/C24H29BFNO8/c1-34-12-14-9-16-21(24(32)27(23(16)31)8-4-2-3-5-20(29)30)15-11-19(35-25(33)22(14)15)13-6-7-18(28)17(26)10-13/h6-7,10,15-16,19,21,28,33H,2-5,8-9,11-12H2,1H3,(H,29,30)/t15-,16-,19-,21+/m0/s1. The lowest BCUT2D eigenvalue weighted by molar-refractivity contribution is -0.141. The van der Waals surface area contributed by atoms with Gasteiger partial charge < -0.3 is 24.6 Å². The summed E-state index contributed by atoms with van der Waals surface area (Å²) < 4.78 is 25.1. The van der Waals surface area contributed by atoms with E-state index in [-0.39, 0.29) is 44.2 Å². The van der Waals surface area contributed by atoms with Crippen LogP contribution in [-0.2, 0) is 23.8 Å². The Morgan fingerprint density at radius 2 is 2.00 bits per heavy atom. The molecule has 188 valence electrons. The maximum atomic E-state index is 14.0. The zero-order valence-electron chi connectivity index (χ0n) is 19.5. The van der Waals surface area contributed by atoms with E-state index in [0.29, 0.717) is 30.3 Å². The first kappa shape index (κ1) is 25.3. The number of rotatable bonds is 9. The highest BCUT2D eigenvalue weighted by molar-refractivity contribution is 6.53. The predicted octanol–water partition coefficient (Wildman–Crippen LogP) is 2.22. The van der Waals surface area contributed by atoms with Crippen LogP contribution in [0, 0.1) is 23.6 Å². The maximum Gasteiger partial charge on any atom is 0.487 e. The Balaban J connectivity index is 1.58. The number of hydrogen-bond donors (Lipinski definition) is 3. The second kappa shape index (κ2) is 10.5. The number of unbranched alkanes of at least 4 members (excludes halogenated alkanes) is 2. The number of carboxylic acid groups (broad SMARTS) is 1. The van der Waals surface area contributed by atoms with E-state index in [0.717, 1.165) is 11.6 Å². The van der Waals surface area contributed by atoms with Gasteiger partial charge >= 0.3 is 13.1 Å². The van der Waals surface area contributed by atoms with Gasteiger partial charge in [-0.15, -0.1) is 0 Å². The summed E-state index contributed by atoms with van der Waals surface area (Å²) in [5, 5.41) is 29.2. The number of ether oxygens (including phenoxy) is 1. The third-order valence-corrected chi connectivity index (χ3v) is 7.24. The molecule has 2 aliphatic heterocycles. The lowest BCUT2D eigenvalue weighted by Crippen LogP contribution is -2.45. The number of phenolic OH excluding ortho intramolecular Hbond substituents is 1. The van der Waals surface area contributed by atoms with Gasteiger partial charge in [-0.3, -0.25) is 19.3 Å². The fraction of sp³-hybridized carbons (Fsp3) is 0.542. The molecule has 0 spiro atoms. The minimum absolute atomic E-state index is 0.0417. The smallest absolute Gasteiger partial charge is 0.487 e. The van der Waals surface area contributed by atoms with Crippen molar-refractivity contribution in [3.8, 4) is 5.75 Å². The zero-order chi connectivity index (χ0) is 25.3. The molecule has 2 fully saturated rings. The van der Waals surface area contributed by atoms with Crippen molar-refractivity contribution in [2.24, 2.45) is 17.8 Å². The van der Waals surface area contributed by atoms with Gasteiger partial charge in [-0.05, 0) is 60.3 Å². The molecule has 1 aromatic rings. The van der Waals surface area contributed by atoms with E-state index in [9.17, 15) is 28.9 Å². The van der Waals surface area contributed by atoms with E-state index in [1.807, 2.05) is 0 Å². The molecule has 4 atom stereocenters. The molecule has 3 aliphatic rings. The number of nitrogens with zero attached hydrogens (tertiary/aromatic N) is 1. The van der Waals surface area contributed by atoms with Crippen molar-refractivity contribution in [2.75, 3.05) is 20.3 Å². The van der Waals surface area contributed by atoms with E-state index >= 15 is 0 Å². The summed E-state index contributed by atoms with van der Waals surface area (Å²) in [7, 11) is 0.173. The van der Waals surface area contributed by atoms with Gasteiger partial charge in [-0.2, -0.15) is 0 Å². The summed E-state index contributed by atoms with van der Waals surface area (Å²) in [6.45, 7) is 0.405. The van der Waals surface area contributed by atoms with Crippen LogP contribution in [0.1, 0.15) is 50.2 Å². The van der Waals surface area contributed by atoms with Gasteiger partial charge in [0.2, 0.25) is 11.8 Å². The molecule has 0 aromatic heterocycles. The van der Waals surface area contributed by atoms with Gasteiger partial charge in [0.15, 0.2) is 11.6 Å². The molecular formula is C24H29BFNO8. The summed E-state index contributed by atoms with van der Waals surface area (Å²) in [5.41, 5.74) is 1.69. The first-order chi connectivity index (χ1) is 16.7. The molecule has 4 rings (SSSR count). The summed E-state index contributed by atoms with van der Waals surface area (Å²) in [6.07, 6.45) is 1.42. The number of carbonyl (C=O) groups excluding carboxylic acids is 2. The van der Waals surface area contributed by atoms with Gasteiger partial charge in [0, 0.05) is 20.1 Å². The number of phenols is 1. The molecule has 35 heavy (non-hydrogen) atoms. The van der Waals surface area contributed by atoms with Crippen LogP contribution in [0.15, 0.2) is 29.2 Å². The molecule has 0 saturated carbocycles. The van der Waals surface area contributed by atoms with Gasteiger partial charge in [0.1, 0.15) is 0 Å². The van der Waals surface area contributed by atoms with E-state index in [2.05, 4.69) is 0 Å². The number of benzene rings is 1. The molecule has 2 saturated heterocycles. The highest BCUT2D eigenvalue weighted by Crippen LogP contribution is 2.51. The lowest BCUT2D eigenvalue weighted by Gasteiger charge is -2.42. The SMILES string of the molecule is COCC1=C2B(O)O[C@H](c3ccc(O)c(F)c3)C[C@H]2[C@H]2C(=O)N(CCCCCC(=O)O)C(=O)[C@H]2C1. The van der Waals surface area contributed by atoms with Crippen LogP contribution in [0.4, 0.5) is 4.39 Å². The van der Waals surface area contributed by atoms with Crippen LogP contribution in [0.2, 0.25) is 0 Å². The van der Waals surface area contributed by atoms with E-state index in [1.165, 1.54) is 24.1 Å². The van der Waals surface area contributed by atoms with Gasteiger partial charge in [-0.1, -0.05) is 12.5 Å². The van der Waals surface area contributed by atoms with Crippen molar-refractivity contribution < 1.29 is 43.4 Å². The van der Waals surface area contributed by atoms with Crippen molar-refractivity contribution in [3.63, 3.8) is 0 Å². The van der Waals surface area contributed by atoms with Crippen molar-refractivity contribution in [3.05, 3.63) is 40.6 Å². The number of aromatic hydroxyl groups is 1. The van der Waals surface area contributed by atoms with Crippen molar-refractivity contribution in [2.45, 2.75) is 44.6 Å². The zero-order valence-corrected chi connectivity index (χ0v) is 19.5. The lowest BCUT2D eigenvalue weighted by atomic mass is 9.55. The Morgan fingerprint density at radius 1 is 1.23 bits per heavy atom. The van der Waals surface area contributed by atoms with Crippen LogP contribution in [-0.4, -0.2) is 65.3 Å². The minimum atomic E-state index is -1.34. The first-order valence-corrected chi connectivity index (χ1v) is 11.8. The Hall–Kier alpha value is -2.76. The Bertz CT molecular complexity index is 1050. The van der Waals surface area contributed by atoms with Crippen LogP contribution >= 0.6 is 0 Å². The molecule has 11 heteroatoms. The van der Waals surface area contributed by atoms with E-state index < -0.39 is 48.5 Å². The number of amides is 2. The van der Waals surface area contributed by atoms with E-state index in [1.54, 1.807) is 0 Å². The fourth-order valence-corrected chi connectivity index (χ4v) is 5.66. The van der Waals surface area contributed by atoms with Gasteiger partial charge in [-0.25, -0.2) is 4.39 Å². The number of fused-ring (bicyclic) bond motifs is 3. The summed E-state index contributed by atoms with van der Waals surface area (Å²) in [6, 6.07) is 3.86. The predicted molar refractivity (Wildman–Crippen MR) is 121 cm³/mol. The number of allylic oxidation sites excluding steroid dienone is 1. The number of halogens is 1.